The summed E-state index contributed by atoms with van der Waals surface area (Å²) in [6.45, 7) is 4.50. The normalized spacial score (nSPS) is 13.9. The van der Waals surface area contributed by atoms with Crippen LogP contribution in [0.2, 0.25) is 0 Å². The van der Waals surface area contributed by atoms with E-state index in [1.807, 2.05) is 36.9 Å². The lowest BCUT2D eigenvalue weighted by Gasteiger charge is -2.29. The maximum atomic E-state index is 11.9. The van der Waals surface area contributed by atoms with Gasteiger partial charge in [0.2, 0.25) is 11.8 Å². The fourth-order valence-corrected chi connectivity index (χ4v) is 2.37. The molecule has 0 aromatic heterocycles. The molecule has 2 amide bonds. The van der Waals surface area contributed by atoms with Crippen LogP contribution in [0.25, 0.3) is 0 Å². The molecule has 1 aliphatic heterocycles. The van der Waals surface area contributed by atoms with Crippen LogP contribution in [0.15, 0.2) is 18.2 Å². The first-order valence-electron chi connectivity index (χ1n) is 6.88. The van der Waals surface area contributed by atoms with Crippen molar-refractivity contribution in [3.8, 4) is 0 Å². The van der Waals surface area contributed by atoms with Crippen molar-refractivity contribution in [3.63, 3.8) is 0 Å². The van der Waals surface area contributed by atoms with E-state index in [-0.39, 0.29) is 11.8 Å². The van der Waals surface area contributed by atoms with Crippen molar-refractivity contribution in [1.82, 2.24) is 0 Å². The Morgan fingerprint density at radius 1 is 1.26 bits per heavy atom. The van der Waals surface area contributed by atoms with Gasteiger partial charge in [-0.15, -0.1) is 0 Å². The van der Waals surface area contributed by atoms with E-state index in [4.69, 9.17) is 0 Å². The lowest BCUT2D eigenvalue weighted by atomic mass is 10.0. The summed E-state index contributed by atoms with van der Waals surface area (Å²) in [5.41, 5.74) is 2.95. The molecule has 1 aliphatic rings. The van der Waals surface area contributed by atoms with Crippen molar-refractivity contribution >= 4 is 23.2 Å². The fourth-order valence-electron chi connectivity index (χ4n) is 2.37. The third-order valence-corrected chi connectivity index (χ3v) is 3.41. The predicted octanol–water partition coefficient (Wildman–Crippen LogP) is 2.72. The van der Waals surface area contributed by atoms with E-state index in [2.05, 4.69) is 5.32 Å². The number of carbonyl (C=O) groups is 2. The molecule has 1 N–H and O–H groups in total. The molecule has 0 saturated carbocycles. The summed E-state index contributed by atoms with van der Waals surface area (Å²) < 4.78 is 0. The SMILES string of the molecule is CCC(=O)Nc1ccc2c(c1)CCCN2C(=O)CC. The zero-order valence-corrected chi connectivity index (χ0v) is 11.5. The molecule has 0 aliphatic carbocycles. The maximum absolute atomic E-state index is 11.9. The van der Waals surface area contributed by atoms with Gasteiger partial charge in [-0.2, -0.15) is 0 Å². The number of nitrogens with one attached hydrogen (secondary N) is 1. The second kappa shape index (κ2) is 5.87. The topological polar surface area (TPSA) is 49.4 Å². The van der Waals surface area contributed by atoms with Gasteiger partial charge >= 0.3 is 0 Å². The molecule has 0 atom stereocenters. The van der Waals surface area contributed by atoms with Crippen molar-refractivity contribution in [3.05, 3.63) is 23.8 Å². The van der Waals surface area contributed by atoms with Gasteiger partial charge in [0.1, 0.15) is 0 Å². The van der Waals surface area contributed by atoms with Crippen molar-refractivity contribution in [1.29, 1.82) is 0 Å². The number of hydrogen-bond acceptors (Lipinski definition) is 2. The van der Waals surface area contributed by atoms with Crippen LogP contribution in [-0.2, 0) is 16.0 Å². The van der Waals surface area contributed by atoms with Crippen LogP contribution in [0.4, 0.5) is 11.4 Å². The number of rotatable bonds is 3. The molecule has 0 radical (unpaired) electrons. The Hall–Kier alpha value is -1.84. The van der Waals surface area contributed by atoms with E-state index in [1.165, 1.54) is 0 Å². The van der Waals surface area contributed by atoms with E-state index in [1.54, 1.807) is 0 Å². The Kier molecular flexibility index (Phi) is 4.20. The first kappa shape index (κ1) is 13.6. The van der Waals surface area contributed by atoms with Gasteiger partial charge in [-0.3, -0.25) is 9.59 Å². The molecule has 4 nitrogen and oxygen atoms in total. The summed E-state index contributed by atoms with van der Waals surface area (Å²) >= 11 is 0. The highest BCUT2D eigenvalue weighted by Crippen LogP contribution is 2.30. The van der Waals surface area contributed by atoms with Gasteiger partial charge in [0.15, 0.2) is 0 Å². The van der Waals surface area contributed by atoms with Gasteiger partial charge in [0.25, 0.3) is 0 Å². The van der Waals surface area contributed by atoms with E-state index in [0.717, 1.165) is 36.3 Å². The van der Waals surface area contributed by atoms with Crippen LogP contribution in [0.1, 0.15) is 38.7 Å². The Morgan fingerprint density at radius 3 is 2.74 bits per heavy atom. The van der Waals surface area contributed by atoms with Gasteiger partial charge in [0.05, 0.1) is 0 Å². The first-order chi connectivity index (χ1) is 9.15. The van der Waals surface area contributed by atoms with E-state index in [9.17, 15) is 9.59 Å². The molecule has 1 aromatic rings. The highest BCUT2D eigenvalue weighted by atomic mass is 16.2. The van der Waals surface area contributed by atoms with E-state index in [0.29, 0.717) is 12.8 Å². The monoisotopic (exact) mass is 260 g/mol. The summed E-state index contributed by atoms with van der Waals surface area (Å²) in [6.07, 6.45) is 2.92. The highest BCUT2D eigenvalue weighted by molar-refractivity contribution is 5.95. The lowest BCUT2D eigenvalue weighted by molar-refractivity contribution is -0.118. The average Bonchev–Trinajstić information content (AvgIpc) is 2.45. The Balaban J connectivity index is 2.25. The number of amides is 2. The molecular formula is C15H20N2O2. The smallest absolute Gasteiger partial charge is 0.226 e. The van der Waals surface area contributed by atoms with Gasteiger partial charge in [-0.25, -0.2) is 0 Å². The summed E-state index contributed by atoms with van der Waals surface area (Å²) in [5.74, 6) is 0.170. The van der Waals surface area contributed by atoms with Crippen LogP contribution in [0.5, 0.6) is 0 Å². The zero-order chi connectivity index (χ0) is 13.8. The molecular weight excluding hydrogens is 240 g/mol. The predicted molar refractivity (Wildman–Crippen MR) is 76.3 cm³/mol. The van der Waals surface area contributed by atoms with Crippen molar-refractivity contribution in [2.24, 2.45) is 0 Å². The standard InChI is InChI=1S/C15H20N2O2/c1-3-14(18)16-12-7-8-13-11(10-12)6-5-9-17(13)15(19)4-2/h7-8,10H,3-6,9H2,1-2H3,(H,16,18). The van der Waals surface area contributed by atoms with Gasteiger partial charge in [-0.05, 0) is 36.6 Å². The van der Waals surface area contributed by atoms with Gasteiger partial charge < -0.3 is 10.2 Å². The minimum atomic E-state index is 0.0113. The molecule has 1 aromatic carbocycles. The third kappa shape index (κ3) is 2.95. The third-order valence-electron chi connectivity index (χ3n) is 3.41. The molecule has 0 spiro atoms. The van der Waals surface area contributed by atoms with Crippen LogP contribution in [0.3, 0.4) is 0 Å². The van der Waals surface area contributed by atoms with Crippen LogP contribution < -0.4 is 10.2 Å². The number of anilines is 2. The molecule has 102 valence electrons. The van der Waals surface area contributed by atoms with Gasteiger partial charge in [-0.1, -0.05) is 13.8 Å². The van der Waals surface area contributed by atoms with Crippen molar-refractivity contribution in [2.45, 2.75) is 39.5 Å². The second-order valence-electron chi connectivity index (χ2n) is 4.75. The molecule has 19 heavy (non-hydrogen) atoms. The minimum Gasteiger partial charge on any atom is -0.326 e. The van der Waals surface area contributed by atoms with Crippen LogP contribution >= 0.6 is 0 Å². The summed E-state index contributed by atoms with van der Waals surface area (Å²) in [4.78, 5) is 25.1. The number of hydrogen-bond donors (Lipinski definition) is 1. The Labute approximate surface area is 113 Å². The lowest BCUT2D eigenvalue weighted by Crippen LogP contribution is -2.34. The molecule has 1 heterocycles. The Morgan fingerprint density at radius 2 is 2.05 bits per heavy atom. The van der Waals surface area contributed by atoms with E-state index < -0.39 is 0 Å². The van der Waals surface area contributed by atoms with Gasteiger partial charge in [0, 0.05) is 30.8 Å². The summed E-state index contributed by atoms with van der Waals surface area (Å²) in [7, 11) is 0. The summed E-state index contributed by atoms with van der Waals surface area (Å²) in [6, 6.07) is 5.79. The fraction of sp³-hybridized carbons (Fsp3) is 0.467. The quantitative estimate of drug-likeness (QED) is 0.908. The number of aryl methyl sites for hydroxylation is 1. The van der Waals surface area contributed by atoms with Crippen LogP contribution in [-0.4, -0.2) is 18.4 Å². The van der Waals surface area contributed by atoms with Crippen molar-refractivity contribution in [2.75, 3.05) is 16.8 Å². The molecule has 2 rings (SSSR count). The maximum Gasteiger partial charge on any atom is 0.226 e. The molecule has 4 heteroatoms. The summed E-state index contributed by atoms with van der Waals surface area (Å²) in [5, 5.41) is 2.86. The molecule has 0 unspecified atom stereocenters. The van der Waals surface area contributed by atoms with E-state index >= 15 is 0 Å². The minimum absolute atomic E-state index is 0.0113. The first-order valence-corrected chi connectivity index (χ1v) is 6.88. The Bertz CT molecular complexity index is 497. The number of fused-ring (bicyclic) bond motifs is 1. The second-order valence-corrected chi connectivity index (χ2v) is 4.75. The molecule has 0 bridgehead atoms. The highest BCUT2D eigenvalue weighted by Gasteiger charge is 2.21. The molecule has 0 saturated heterocycles. The molecule has 0 fully saturated rings. The number of nitrogens with zero attached hydrogens (tertiary/aromatic N) is 1. The van der Waals surface area contributed by atoms with Crippen molar-refractivity contribution < 1.29 is 9.59 Å². The average molecular weight is 260 g/mol. The number of benzene rings is 1. The van der Waals surface area contributed by atoms with Crippen LogP contribution in [0, 0.1) is 0 Å². The number of carbonyl (C=O) groups excluding carboxylic acids is 2. The largest absolute Gasteiger partial charge is 0.326 e. The zero-order valence-electron chi connectivity index (χ0n) is 11.5.